The van der Waals surface area contributed by atoms with Gasteiger partial charge >= 0.3 is 6.09 Å². The molecule has 154 valence electrons. The van der Waals surface area contributed by atoms with Crippen LogP contribution in [0.3, 0.4) is 0 Å². The number of alkyl carbamates (subject to hydrolysis) is 1. The molecular weight excluding hydrogens is 348 g/mol. The van der Waals surface area contributed by atoms with Gasteiger partial charge in [0.2, 0.25) is 0 Å². The topological polar surface area (TPSA) is 77.1 Å². The number of likely N-dealkylation sites (tertiary alicyclic amines) is 1. The number of hydrogen-bond donors (Lipinski definition) is 1. The molecule has 0 aliphatic carbocycles. The van der Waals surface area contributed by atoms with Gasteiger partial charge in [-0.2, -0.15) is 0 Å². The first-order chi connectivity index (χ1) is 12.8. The van der Waals surface area contributed by atoms with Crippen molar-refractivity contribution in [2.45, 2.75) is 83.1 Å². The van der Waals surface area contributed by atoms with Gasteiger partial charge < -0.3 is 24.4 Å². The van der Waals surface area contributed by atoms with Gasteiger partial charge in [0, 0.05) is 26.3 Å². The minimum Gasteiger partial charge on any atom is -0.444 e. The highest BCUT2D eigenvalue weighted by Crippen LogP contribution is 2.30. The molecule has 3 atom stereocenters. The normalized spacial score (nSPS) is 30.2. The molecular formula is C20H34N2O5. The molecule has 3 fully saturated rings. The fourth-order valence-electron chi connectivity index (χ4n) is 4.31. The maximum atomic E-state index is 12.5. The van der Waals surface area contributed by atoms with Crippen LogP contribution in [-0.4, -0.2) is 67.1 Å². The molecule has 7 nitrogen and oxygen atoms in total. The lowest BCUT2D eigenvalue weighted by atomic mass is 9.84. The number of ether oxygens (including phenoxy) is 3. The third-order valence-electron chi connectivity index (χ3n) is 5.59. The van der Waals surface area contributed by atoms with Crippen molar-refractivity contribution in [1.82, 2.24) is 10.2 Å². The van der Waals surface area contributed by atoms with Crippen LogP contribution < -0.4 is 5.32 Å². The minimum atomic E-state index is -0.511. The summed E-state index contributed by atoms with van der Waals surface area (Å²) in [5.41, 5.74) is -0.511. The highest BCUT2D eigenvalue weighted by atomic mass is 16.6. The van der Waals surface area contributed by atoms with Crippen LogP contribution in [0.15, 0.2) is 0 Å². The molecule has 0 bridgehead atoms. The van der Waals surface area contributed by atoms with Gasteiger partial charge in [-0.1, -0.05) is 0 Å². The second-order valence-corrected chi connectivity index (χ2v) is 8.89. The number of nitrogens with zero attached hydrogens (tertiary/aromatic N) is 1. The van der Waals surface area contributed by atoms with E-state index in [1.165, 1.54) is 0 Å². The van der Waals surface area contributed by atoms with E-state index in [-0.39, 0.29) is 30.3 Å². The van der Waals surface area contributed by atoms with E-state index in [9.17, 15) is 9.59 Å². The molecule has 0 aromatic carbocycles. The third-order valence-corrected chi connectivity index (χ3v) is 5.59. The molecule has 27 heavy (non-hydrogen) atoms. The number of piperidine rings is 1. The molecule has 0 aromatic heterocycles. The molecule has 2 amide bonds. The monoisotopic (exact) mass is 382 g/mol. The van der Waals surface area contributed by atoms with E-state index >= 15 is 0 Å². The van der Waals surface area contributed by atoms with Crippen LogP contribution in [0, 0.1) is 5.92 Å². The molecule has 3 aliphatic heterocycles. The van der Waals surface area contributed by atoms with Gasteiger partial charge in [0.15, 0.2) is 0 Å². The van der Waals surface area contributed by atoms with Crippen LogP contribution in [0.1, 0.15) is 59.3 Å². The quantitative estimate of drug-likeness (QED) is 0.811. The maximum absolute atomic E-state index is 12.5. The van der Waals surface area contributed by atoms with E-state index < -0.39 is 5.60 Å². The van der Waals surface area contributed by atoms with Crippen LogP contribution >= 0.6 is 0 Å². The Morgan fingerprint density at radius 2 is 1.67 bits per heavy atom. The highest BCUT2D eigenvalue weighted by Gasteiger charge is 2.38. The lowest BCUT2D eigenvalue weighted by Gasteiger charge is -2.41. The van der Waals surface area contributed by atoms with Crippen molar-refractivity contribution in [2.75, 3.05) is 26.3 Å². The molecule has 0 radical (unpaired) electrons. The van der Waals surface area contributed by atoms with E-state index in [1.807, 2.05) is 25.7 Å². The first kappa shape index (κ1) is 20.4. The Kier molecular flexibility index (Phi) is 6.63. The number of carbonyl (C=O) groups is 2. The zero-order valence-electron chi connectivity index (χ0n) is 16.9. The van der Waals surface area contributed by atoms with Crippen molar-refractivity contribution in [3.8, 4) is 0 Å². The van der Waals surface area contributed by atoms with Gasteiger partial charge in [0.1, 0.15) is 11.7 Å². The fourth-order valence-corrected chi connectivity index (χ4v) is 4.31. The minimum absolute atomic E-state index is 0.00810. The van der Waals surface area contributed by atoms with Crippen molar-refractivity contribution < 1.29 is 23.8 Å². The Bertz CT molecular complexity index is 519. The Labute approximate surface area is 162 Å². The summed E-state index contributed by atoms with van der Waals surface area (Å²) in [7, 11) is 0. The number of nitrogens with one attached hydrogen (secondary N) is 1. The lowest BCUT2D eigenvalue weighted by Crippen LogP contribution is -2.54. The summed E-state index contributed by atoms with van der Waals surface area (Å²) >= 11 is 0. The molecule has 0 aromatic rings. The first-order valence-electron chi connectivity index (χ1n) is 10.3. The summed E-state index contributed by atoms with van der Waals surface area (Å²) in [4.78, 5) is 26.6. The largest absolute Gasteiger partial charge is 0.444 e. The summed E-state index contributed by atoms with van der Waals surface area (Å²) in [5, 5.41) is 3.01. The Balaban J connectivity index is 1.51. The number of carbonyl (C=O) groups excluding carboxylic acids is 2. The van der Waals surface area contributed by atoms with Gasteiger partial charge in [0.25, 0.3) is 5.91 Å². The number of amides is 2. The molecule has 2 unspecified atom stereocenters. The zero-order chi connectivity index (χ0) is 19.4. The molecule has 3 aliphatic rings. The fraction of sp³-hybridized carbons (Fsp3) is 0.900. The van der Waals surface area contributed by atoms with E-state index in [2.05, 4.69) is 5.32 Å². The molecule has 3 saturated heterocycles. The third kappa shape index (κ3) is 5.57. The van der Waals surface area contributed by atoms with E-state index in [0.29, 0.717) is 12.5 Å². The maximum Gasteiger partial charge on any atom is 0.407 e. The Morgan fingerprint density at radius 3 is 2.30 bits per heavy atom. The number of hydrogen-bond acceptors (Lipinski definition) is 5. The summed E-state index contributed by atoms with van der Waals surface area (Å²) < 4.78 is 17.0. The SMILES string of the molecule is CC(C)(C)OC(=O)NC1CCCOC1C1CCN(C(=O)[C@@H]2CCCO2)CC1. The first-order valence-corrected chi connectivity index (χ1v) is 10.3. The van der Waals surface area contributed by atoms with Crippen molar-refractivity contribution in [3.63, 3.8) is 0 Å². The number of rotatable bonds is 3. The molecule has 1 N–H and O–H groups in total. The van der Waals surface area contributed by atoms with E-state index in [4.69, 9.17) is 14.2 Å². The molecule has 3 heterocycles. The molecule has 3 rings (SSSR count). The molecule has 0 spiro atoms. The predicted octanol–water partition coefficient (Wildman–Crippen LogP) is 2.48. The highest BCUT2D eigenvalue weighted by molar-refractivity contribution is 5.81. The molecule has 0 saturated carbocycles. The van der Waals surface area contributed by atoms with Crippen LogP contribution in [0.2, 0.25) is 0 Å². The van der Waals surface area contributed by atoms with Gasteiger partial charge in [-0.25, -0.2) is 4.79 Å². The van der Waals surface area contributed by atoms with Crippen LogP contribution in [0.25, 0.3) is 0 Å². The summed E-state index contributed by atoms with van der Waals surface area (Å²) in [5.74, 6) is 0.484. The van der Waals surface area contributed by atoms with Crippen molar-refractivity contribution in [2.24, 2.45) is 5.92 Å². The standard InChI is InChI=1S/C20H34N2O5/c1-20(2,3)27-19(24)21-15-6-4-13-26-17(15)14-8-10-22(11-9-14)18(23)16-7-5-12-25-16/h14-17H,4-13H2,1-3H3,(H,21,24)/t15?,16-,17?/m0/s1. The van der Waals surface area contributed by atoms with Crippen molar-refractivity contribution in [3.05, 3.63) is 0 Å². The lowest BCUT2D eigenvalue weighted by molar-refractivity contribution is -0.143. The second-order valence-electron chi connectivity index (χ2n) is 8.89. The second kappa shape index (κ2) is 8.78. The zero-order valence-corrected chi connectivity index (χ0v) is 16.9. The molecule has 7 heteroatoms. The average Bonchev–Trinajstić information content (AvgIpc) is 3.15. The smallest absolute Gasteiger partial charge is 0.407 e. The summed E-state index contributed by atoms with van der Waals surface area (Å²) in [6.45, 7) is 8.49. The van der Waals surface area contributed by atoms with Crippen LogP contribution in [0.4, 0.5) is 4.79 Å². The summed E-state index contributed by atoms with van der Waals surface area (Å²) in [6, 6.07) is -0.0287. The van der Waals surface area contributed by atoms with Crippen LogP contribution in [0.5, 0.6) is 0 Å². The van der Waals surface area contributed by atoms with Gasteiger partial charge in [0.05, 0.1) is 12.1 Å². The van der Waals surface area contributed by atoms with Gasteiger partial charge in [-0.15, -0.1) is 0 Å². The predicted molar refractivity (Wildman–Crippen MR) is 100 cm³/mol. The Morgan fingerprint density at radius 1 is 1.00 bits per heavy atom. The van der Waals surface area contributed by atoms with Crippen molar-refractivity contribution in [1.29, 1.82) is 0 Å². The average molecular weight is 383 g/mol. The van der Waals surface area contributed by atoms with Gasteiger partial charge in [-0.05, 0) is 65.2 Å². The van der Waals surface area contributed by atoms with Gasteiger partial charge in [-0.3, -0.25) is 4.79 Å². The van der Waals surface area contributed by atoms with E-state index in [1.54, 1.807) is 0 Å². The van der Waals surface area contributed by atoms with E-state index in [0.717, 1.165) is 58.2 Å². The Hall–Kier alpha value is -1.34. The summed E-state index contributed by atoms with van der Waals surface area (Å²) in [6.07, 6.45) is 4.82. The van der Waals surface area contributed by atoms with Crippen LogP contribution in [-0.2, 0) is 19.0 Å². The van der Waals surface area contributed by atoms with Crippen molar-refractivity contribution >= 4 is 12.0 Å².